The van der Waals surface area contributed by atoms with Crippen LogP contribution in [0.4, 0.5) is 0 Å². The Morgan fingerprint density at radius 2 is 2.08 bits per heavy atom. The predicted octanol–water partition coefficient (Wildman–Crippen LogP) is 4.27. The Bertz CT molecular complexity index is 790. The van der Waals surface area contributed by atoms with Crippen LogP contribution in [0.2, 0.25) is 5.15 Å². The average molecular weight is 357 g/mol. The Balaban J connectivity index is 2.01. The van der Waals surface area contributed by atoms with E-state index in [0.717, 1.165) is 16.8 Å². The number of amides is 1. The number of carbonyl (C=O) groups is 1. The van der Waals surface area contributed by atoms with Crippen molar-refractivity contribution in [3.8, 4) is 11.3 Å². The van der Waals surface area contributed by atoms with Crippen molar-refractivity contribution in [2.75, 3.05) is 13.2 Å². The van der Waals surface area contributed by atoms with E-state index >= 15 is 0 Å². The summed E-state index contributed by atoms with van der Waals surface area (Å²) in [6, 6.07) is 13.4. The van der Waals surface area contributed by atoms with Crippen LogP contribution in [-0.2, 0) is 9.53 Å². The molecule has 1 atom stereocenters. The van der Waals surface area contributed by atoms with Crippen LogP contribution in [-0.4, -0.2) is 34.5 Å². The highest BCUT2D eigenvalue weighted by Gasteiger charge is 2.36. The molecule has 1 saturated heterocycles. The number of morpholine rings is 1. The first-order valence-electron chi connectivity index (χ1n) is 8.19. The van der Waals surface area contributed by atoms with Gasteiger partial charge in [-0.15, -0.1) is 0 Å². The topological polar surface area (TPSA) is 42.4 Å². The minimum atomic E-state index is -0.395. The van der Waals surface area contributed by atoms with Gasteiger partial charge in [0.05, 0.1) is 30.5 Å². The lowest BCUT2D eigenvalue weighted by molar-refractivity contribution is -0.151. The summed E-state index contributed by atoms with van der Waals surface area (Å²) in [7, 11) is 0. The highest BCUT2D eigenvalue weighted by molar-refractivity contribution is 6.29. The molecule has 130 valence electrons. The minimum absolute atomic E-state index is 0.115. The van der Waals surface area contributed by atoms with E-state index < -0.39 is 5.60 Å². The molecule has 1 aliphatic heterocycles. The van der Waals surface area contributed by atoms with Crippen LogP contribution in [0.5, 0.6) is 0 Å². The highest BCUT2D eigenvalue weighted by Crippen LogP contribution is 2.33. The van der Waals surface area contributed by atoms with Gasteiger partial charge in [0, 0.05) is 5.56 Å². The molecule has 2 heterocycles. The molecule has 1 fully saturated rings. The summed E-state index contributed by atoms with van der Waals surface area (Å²) in [5.74, 6) is -0.115. The van der Waals surface area contributed by atoms with Crippen molar-refractivity contribution in [1.82, 2.24) is 9.88 Å². The van der Waals surface area contributed by atoms with Crippen molar-refractivity contribution in [2.45, 2.75) is 25.5 Å². The zero-order chi connectivity index (χ0) is 18.0. The fraction of sp³-hybridized carbons (Fsp3) is 0.300. The molecule has 2 aromatic rings. The van der Waals surface area contributed by atoms with Gasteiger partial charge in [0.25, 0.3) is 0 Å². The monoisotopic (exact) mass is 356 g/mol. The molecule has 1 unspecified atom stereocenters. The first kappa shape index (κ1) is 17.6. The molecule has 0 N–H and O–H groups in total. The number of carbonyl (C=O) groups excluding carboxylic acids is 1. The number of rotatable bonds is 3. The second kappa shape index (κ2) is 6.98. The van der Waals surface area contributed by atoms with Crippen LogP contribution in [0.3, 0.4) is 0 Å². The van der Waals surface area contributed by atoms with Gasteiger partial charge in [-0.1, -0.05) is 48.5 Å². The molecule has 4 nitrogen and oxygen atoms in total. The van der Waals surface area contributed by atoms with Gasteiger partial charge in [-0.3, -0.25) is 4.79 Å². The molecule has 1 amide bonds. The van der Waals surface area contributed by atoms with E-state index in [1.165, 1.54) is 6.08 Å². The molecule has 0 radical (unpaired) electrons. The van der Waals surface area contributed by atoms with E-state index in [0.29, 0.717) is 18.3 Å². The fourth-order valence-corrected chi connectivity index (χ4v) is 3.27. The largest absolute Gasteiger partial charge is 0.371 e. The number of aromatic nitrogens is 1. The van der Waals surface area contributed by atoms with Crippen LogP contribution in [0.25, 0.3) is 11.3 Å². The van der Waals surface area contributed by atoms with E-state index in [1.807, 2.05) is 50.2 Å². The molecular formula is C20H21ClN2O2. The third-order valence-corrected chi connectivity index (χ3v) is 4.48. The summed E-state index contributed by atoms with van der Waals surface area (Å²) in [5.41, 5.74) is 2.27. The predicted molar refractivity (Wildman–Crippen MR) is 99.4 cm³/mol. The Morgan fingerprint density at radius 1 is 1.36 bits per heavy atom. The Hall–Kier alpha value is -2.17. The van der Waals surface area contributed by atoms with Crippen LogP contribution < -0.4 is 0 Å². The van der Waals surface area contributed by atoms with E-state index in [4.69, 9.17) is 16.3 Å². The zero-order valence-electron chi connectivity index (χ0n) is 14.4. The standard InChI is InChI=1S/C20H21ClN2O2/c1-4-19(24)23-13-20(2,3)25-12-17(23)15-10-16(22-18(21)11-15)14-8-6-5-7-9-14/h4-11,17H,1,12-13H2,2-3H3. The van der Waals surface area contributed by atoms with E-state index in [-0.39, 0.29) is 11.9 Å². The third-order valence-electron chi connectivity index (χ3n) is 4.29. The minimum Gasteiger partial charge on any atom is -0.371 e. The molecule has 3 rings (SSSR count). The summed E-state index contributed by atoms with van der Waals surface area (Å²) >= 11 is 6.26. The molecule has 1 aromatic carbocycles. The van der Waals surface area contributed by atoms with E-state index in [2.05, 4.69) is 11.6 Å². The summed E-state index contributed by atoms with van der Waals surface area (Å²) in [6.45, 7) is 8.46. The molecule has 25 heavy (non-hydrogen) atoms. The number of benzene rings is 1. The van der Waals surface area contributed by atoms with E-state index in [9.17, 15) is 4.79 Å². The van der Waals surface area contributed by atoms with Gasteiger partial charge in [-0.25, -0.2) is 4.98 Å². The van der Waals surface area contributed by atoms with Crippen LogP contribution in [0, 0.1) is 0 Å². The summed E-state index contributed by atoms with van der Waals surface area (Å²) in [6.07, 6.45) is 1.34. The first-order chi connectivity index (χ1) is 11.9. The lowest BCUT2D eigenvalue weighted by atomic mass is 9.98. The molecule has 1 aromatic heterocycles. The number of nitrogens with zero attached hydrogens (tertiary/aromatic N) is 2. The molecule has 1 aliphatic rings. The molecule has 5 heteroatoms. The quantitative estimate of drug-likeness (QED) is 0.609. The van der Waals surface area contributed by atoms with Crippen molar-refractivity contribution in [1.29, 1.82) is 0 Å². The fourth-order valence-electron chi connectivity index (χ4n) is 3.05. The van der Waals surface area contributed by atoms with Crippen LogP contribution in [0.15, 0.2) is 55.1 Å². The lowest BCUT2D eigenvalue weighted by Gasteiger charge is -2.43. The van der Waals surface area contributed by atoms with Gasteiger partial charge in [0.1, 0.15) is 5.15 Å². The Kier molecular flexibility index (Phi) is 4.93. The van der Waals surface area contributed by atoms with Gasteiger partial charge < -0.3 is 9.64 Å². The Morgan fingerprint density at radius 3 is 2.76 bits per heavy atom. The van der Waals surface area contributed by atoms with Crippen LogP contribution in [0.1, 0.15) is 25.5 Å². The highest BCUT2D eigenvalue weighted by atomic mass is 35.5. The van der Waals surface area contributed by atoms with Crippen molar-refractivity contribution >= 4 is 17.5 Å². The number of ether oxygens (including phenoxy) is 1. The summed E-state index contributed by atoms with van der Waals surface area (Å²) in [4.78, 5) is 18.6. The van der Waals surface area contributed by atoms with Gasteiger partial charge >= 0.3 is 0 Å². The molecule has 0 saturated carbocycles. The van der Waals surface area contributed by atoms with Crippen LogP contribution >= 0.6 is 11.6 Å². The lowest BCUT2D eigenvalue weighted by Crippen LogP contribution is -2.51. The first-order valence-corrected chi connectivity index (χ1v) is 8.57. The summed E-state index contributed by atoms with van der Waals surface area (Å²) in [5, 5.41) is 0.396. The number of hydrogen-bond acceptors (Lipinski definition) is 3. The molecule has 0 spiro atoms. The number of hydrogen-bond donors (Lipinski definition) is 0. The molecule has 0 aliphatic carbocycles. The Labute approximate surface area is 153 Å². The van der Waals surface area contributed by atoms with Crippen molar-refractivity contribution in [3.05, 3.63) is 65.8 Å². The van der Waals surface area contributed by atoms with Crippen molar-refractivity contribution in [2.24, 2.45) is 0 Å². The van der Waals surface area contributed by atoms with Crippen molar-refractivity contribution < 1.29 is 9.53 Å². The maximum absolute atomic E-state index is 12.4. The molecule has 0 bridgehead atoms. The maximum atomic E-state index is 12.4. The maximum Gasteiger partial charge on any atom is 0.246 e. The average Bonchev–Trinajstić information content (AvgIpc) is 2.60. The van der Waals surface area contributed by atoms with Gasteiger partial charge in [0.2, 0.25) is 5.91 Å². The van der Waals surface area contributed by atoms with Gasteiger partial charge in [0.15, 0.2) is 0 Å². The number of pyridine rings is 1. The van der Waals surface area contributed by atoms with Crippen molar-refractivity contribution in [3.63, 3.8) is 0 Å². The molecular weight excluding hydrogens is 336 g/mol. The SMILES string of the molecule is C=CC(=O)N1CC(C)(C)OCC1c1cc(Cl)nc(-c2ccccc2)c1. The normalized spacial score (nSPS) is 19.5. The van der Waals surface area contributed by atoms with Gasteiger partial charge in [-0.05, 0) is 37.6 Å². The third kappa shape index (κ3) is 3.91. The van der Waals surface area contributed by atoms with E-state index in [1.54, 1.807) is 11.0 Å². The second-order valence-corrected chi connectivity index (χ2v) is 7.12. The zero-order valence-corrected chi connectivity index (χ0v) is 15.2. The van der Waals surface area contributed by atoms with Gasteiger partial charge in [-0.2, -0.15) is 0 Å². The smallest absolute Gasteiger partial charge is 0.246 e. The summed E-state index contributed by atoms with van der Waals surface area (Å²) < 4.78 is 5.95. The number of halogens is 1. The second-order valence-electron chi connectivity index (χ2n) is 6.73.